The predicted octanol–water partition coefficient (Wildman–Crippen LogP) is 4.91. The zero-order valence-corrected chi connectivity index (χ0v) is 17.0. The van der Waals surface area contributed by atoms with Gasteiger partial charge in [0, 0.05) is 50.6 Å². The van der Waals surface area contributed by atoms with E-state index in [4.69, 9.17) is 11.6 Å². The Morgan fingerprint density at radius 1 is 1.00 bits per heavy atom. The molecule has 2 aromatic rings. The van der Waals surface area contributed by atoms with E-state index in [0.717, 1.165) is 29.9 Å². The zero-order valence-electron chi connectivity index (χ0n) is 16.2. The van der Waals surface area contributed by atoms with Crippen molar-refractivity contribution < 1.29 is 18.0 Å². The van der Waals surface area contributed by atoms with E-state index in [1.807, 2.05) is 23.1 Å². The van der Waals surface area contributed by atoms with E-state index in [-0.39, 0.29) is 16.7 Å². The molecule has 0 spiro atoms. The second-order valence-corrected chi connectivity index (χ2v) is 8.03. The van der Waals surface area contributed by atoms with E-state index in [0.29, 0.717) is 38.4 Å². The summed E-state index contributed by atoms with van der Waals surface area (Å²) in [5.74, 6) is 0.655. The summed E-state index contributed by atoms with van der Waals surface area (Å²) in [7, 11) is 0. The first-order valence-electron chi connectivity index (χ1n) is 9.82. The second kappa shape index (κ2) is 8.30. The van der Waals surface area contributed by atoms with Crippen LogP contribution in [0.3, 0.4) is 0 Å². The van der Waals surface area contributed by atoms with Crippen LogP contribution in [0.1, 0.15) is 29.9 Å². The molecular formula is C22H21ClF3N3O. The van der Waals surface area contributed by atoms with Gasteiger partial charge in [0.25, 0.3) is 0 Å². The number of nitrogens with zero attached hydrogens (tertiary/aromatic N) is 3. The van der Waals surface area contributed by atoms with Crippen LogP contribution in [0.5, 0.6) is 0 Å². The fraction of sp³-hybridized carbons (Fsp3) is 0.364. The van der Waals surface area contributed by atoms with E-state index in [1.54, 1.807) is 6.08 Å². The number of piperazine rings is 1. The smallest absolute Gasteiger partial charge is 0.371 e. The number of pyridine rings is 1. The van der Waals surface area contributed by atoms with E-state index in [9.17, 15) is 18.0 Å². The first-order valence-corrected chi connectivity index (χ1v) is 10.2. The van der Waals surface area contributed by atoms with Crippen molar-refractivity contribution in [2.45, 2.75) is 24.9 Å². The van der Waals surface area contributed by atoms with Crippen LogP contribution in [-0.4, -0.2) is 41.8 Å². The lowest BCUT2D eigenvalue weighted by Crippen LogP contribution is -2.47. The summed E-state index contributed by atoms with van der Waals surface area (Å²) in [6, 6.07) is 11.0. The molecule has 2 aliphatic rings. The normalized spacial score (nSPS) is 20.3. The van der Waals surface area contributed by atoms with Gasteiger partial charge in [-0.05, 0) is 24.0 Å². The Hall–Kier alpha value is -2.54. The summed E-state index contributed by atoms with van der Waals surface area (Å²) in [6.45, 7) is 2.44. The fourth-order valence-electron chi connectivity index (χ4n) is 4.08. The Morgan fingerprint density at radius 2 is 1.67 bits per heavy atom. The van der Waals surface area contributed by atoms with E-state index in [1.165, 1.54) is 0 Å². The van der Waals surface area contributed by atoms with Gasteiger partial charge in [-0.1, -0.05) is 41.9 Å². The molecule has 8 heteroatoms. The van der Waals surface area contributed by atoms with Gasteiger partial charge in [-0.15, -0.1) is 0 Å². The van der Waals surface area contributed by atoms with E-state index < -0.39 is 11.7 Å². The highest BCUT2D eigenvalue weighted by Gasteiger charge is 2.33. The van der Waals surface area contributed by atoms with Crippen molar-refractivity contribution in [3.63, 3.8) is 0 Å². The van der Waals surface area contributed by atoms with Crippen molar-refractivity contribution in [2.75, 3.05) is 31.1 Å². The number of alkyl halides is 3. The minimum atomic E-state index is -4.47. The summed E-state index contributed by atoms with van der Waals surface area (Å²) in [5.41, 5.74) is 1.33. The quantitative estimate of drug-likeness (QED) is 0.686. The van der Waals surface area contributed by atoms with Crippen molar-refractivity contribution in [3.8, 4) is 0 Å². The molecule has 30 heavy (non-hydrogen) atoms. The number of ketones is 1. The van der Waals surface area contributed by atoms with Crippen molar-refractivity contribution in [1.29, 1.82) is 0 Å². The summed E-state index contributed by atoms with van der Waals surface area (Å²) >= 11 is 6.09. The highest BCUT2D eigenvalue weighted by atomic mass is 35.5. The van der Waals surface area contributed by atoms with E-state index >= 15 is 0 Å². The van der Waals surface area contributed by atoms with Crippen LogP contribution in [0.2, 0.25) is 5.02 Å². The predicted molar refractivity (Wildman–Crippen MR) is 110 cm³/mol. The number of anilines is 1. The van der Waals surface area contributed by atoms with Crippen LogP contribution in [-0.2, 0) is 11.0 Å². The molecule has 1 aromatic heterocycles. The highest BCUT2D eigenvalue weighted by molar-refractivity contribution is 6.33. The van der Waals surface area contributed by atoms with Crippen LogP contribution >= 0.6 is 11.6 Å². The first kappa shape index (κ1) is 20.7. The SMILES string of the molecule is O=C1C=C(N2CCN(c3ncc(C(F)(F)F)cc3Cl)CC2)CC(c2ccccc2)C1. The molecule has 4 nitrogen and oxygen atoms in total. The highest BCUT2D eigenvalue weighted by Crippen LogP contribution is 2.35. The van der Waals surface area contributed by atoms with Crippen molar-refractivity contribution >= 4 is 23.2 Å². The number of benzene rings is 1. The minimum absolute atomic E-state index is 0.00511. The van der Waals surface area contributed by atoms with Crippen LogP contribution in [0, 0.1) is 0 Å². The number of rotatable bonds is 3. The molecule has 2 heterocycles. The molecule has 0 N–H and O–H groups in total. The summed E-state index contributed by atoms with van der Waals surface area (Å²) in [5, 5.41) is -0.00511. The molecule has 1 aliphatic heterocycles. The Labute approximate surface area is 178 Å². The number of carbonyl (C=O) groups excluding carboxylic acids is 1. The topological polar surface area (TPSA) is 36.4 Å². The van der Waals surface area contributed by atoms with Gasteiger partial charge in [0.1, 0.15) is 5.82 Å². The molecule has 4 rings (SSSR count). The van der Waals surface area contributed by atoms with Crippen LogP contribution in [0.25, 0.3) is 0 Å². The van der Waals surface area contributed by atoms with Gasteiger partial charge in [0.15, 0.2) is 5.78 Å². The summed E-state index contributed by atoms with van der Waals surface area (Å²) in [6.07, 6.45) is -0.602. The largest absolute Gasteiger partial charge is 0.417 e. The summed E-state index contributed by atoms with van der Waals surface area (Å²) in [4.78, 5) is 20.3. The third-order valence-corrected chi connectivity index (χ3v) is 5.91. The van der Waals surface area contributed by atoms with Gasteiger partial charge in [-0.25, -0.2) is 4.98 Å². The fourth-order valence-corrected chi connectivity index (χ4v) is 4.36. The average molecular weight is 436 g/mol. The van der Waals surface area contributed by atoms with Gasteiger partial charge in [0.05, 0.1) is 10.6 Å². The maximum Gasteiger partial charge on any atom is 0.417 e. The number of allylic oxidation sites excluding steroid dienone is 2. The Morgan fingerprint density at radius 3 is 2.30 bits per heavy atom. The molecule has 0 bridgehead atoms. The number of carbonyl (C=O) groups is 1. The molecule has 158 valence electrons. The zero-order chi connectivity index (χ0) is 21.3. The molecule has 0 radical (unpaired) electrons. The first-order chi connectivity index (χ1) is 14.3. The van der Waals surface area contributed by atoms with Crippen molar-refractivity contribution in [2.24, 2.45) is 0 Å². The maximum atomic E-state index is 12.8. The van der Waals surface area contributed by atoms with Gasteiger partial charge >= 0.3 is 6.18 Å². The Kier molecular flexibility index (Phi) is 5.73. The van der Waals surface area contributed by atoms with Crippen molar-refractivity contribution in [3.05, 3.63) is 70.5 Å². The molecule has 1 atom stereocenters. The molecule has 1 unspecified atom stereocenters. The molecule has 1 aliphatic carbocycles. The standard InChI is InChI=1S/C22H21ClF3N3O/c23-20-12-17(22(24,25)26)14-27-21(20)29-8-6-28(7-9-29)18-10-16(11-19(30)13-18)15-4-2-1-3-5-15/h1-5,12-14,16H,6-11H2. The molecule has 1 fully saturated rings. The van der Waals surface area contributed by atoms with Crippen LogP contribution in [0.4, 0.5) is 19.0 Å². The molecular weight excluding hydrogens is 415 g/mol. The maximum absolute atomic E-state index is 12.8. The number of hydrogen-bond acceptors (Lipinski definition) is 4. The van der Waals surface area contributed by atoms with Crippen LogP contribution in [0.15, 0.2) is 54.4 Å². The average Bonchev–Trinajstić information content (AvgIpc) is 2.73. The van der Waals surface area contributed by atoms with E-state index in [2.05, 4.69) is 22.0 Å². The van der Waals surface area contributed by atoms with Gasteiger partial charge in [-0.3, -0.25) is 4.79 Å². The lowest BCUT2D eigenvalue weighted by atomic mass is 9.85. The molecule has 0 amide bonds. The molecule has 1 aromatic carbocycles. The lowest BCUT2D eigenvalue weighted by Gasteiger charge is -2.40. The Bertz CT molecular complexity index is 954. The van der Waals surface area contributed by atoms with Gasteiger partial charge in [0.2, 0.25) is 0 Å². The lowest BCUT2D eigenvalue weighted by molar-refractivity contribution is -0.137. The molecule has 1 saturated heterocycles. The molecule has 0 saturated carbocycles. The third kappa shape index (κ3) is 4.46. The minimum Gasteiger partial charge on any atom is -0.371 e. The second-order valence-electron chi connectivity index (χ2n) is 7.62. The van der Waals surface area contributed by atoms with Crippen LogP contribution < -0.4 is 4.90 Å². The third-order valence-electron chi connectivity index (χ3n) is 5.64. The monoisotopic (exact) mass is 435 g/mol. The van der Waals surface area contributed by atoms with Gasteiger partial charge in [-0.2, -0.15) is 13.2 Å². The summed E-state index contributed by atoms with van der Waals surface area (Å²) < 4.78 is 38.5. The number of halogens is 4. The number of aromatic nitrogens is 1. The van der Waals surface area contributed by atoms with Crippen molar-refractivity contribution in [1.82, 2.24) is 9.88 Å². The van der Waals surface area contributed by atoms with Gasteiger partial charge < -0.3 is 9.80 Å². The number of hydrogen-bond donors (Lipinski definition) is 0. The Balaban J connectivity index is 1.43.